The molecule has 2 amide bonds. The smallest absolute Gasteiger partial charge is 0.406 e. The molecule has 1 aromatic rings. The maximum atomic E-state index is 11.9. The van der Waals surface area contributed by atoms with Gasteiger partial charge in [0.2, 0.25) is 0 Å². The normalized spacial score (nSPS) is 10.9. The number of ether oxygens (including phenoxy) is 2. The van der Waals surface area contributed by atoms with Gasteiger partial charge in [-0.2, -0.15) is 0 Å². The Balaban J connectivity index is 2.52. The van der Waals surface area contributed by atoms with E-state index in [9.17, 15) is 18.0 Å². The van der Waals surface area contributed by atoms with Crippen molar-refractivity contribution < 1.29 is 27.4 Å². The Morgan fingerprint density at radius 1 is 1.28 bits per heavy atom. The zero-order chi connectivity index (χ0) is 13.6. The molecule has 0 bridgehead atoms. The molecule has 1 rings (SSSR count). The van der Waals surface area contributed by atoms with Crippen molar-refractivity contribution in [3.63, 3.8) is 0 Å². The molecule has 0 saturated carbocycles. The van der Waals surface area contributed by atoms with Crippen LogP contribution in [0.2, 0.25) is 0 Å². The van der Waals surface area contributed by atoms with Gasteiger partial charge in [-0.05, 0) is 24.3 Å². The van der Waals surface area contributed by atoms with Gasteiger partial charge < -0.3 is 20.1 Å². The number of benzene rings is 1. The summed E-state index contributed by atoms with van der Waals surface area (Å²) >= 11 is 0. The number of methoxy groups -OCH3 is 1. The summed E-state index contributed by atoms with van der Waals surface area (Å²) in [4.78, 5) is 11.2. The van der Waals surface area contributed by atoms with E-state index in [0.29, 0.717) is 5.69 Å². The lowest BCUT2D eigenvalue weighted by atomic mass is 10.3. The number of carbonyl (C=O) groups excluding carboxylic acids is 1. The number of urea groups is 1. The van der Waals surface area contributed by atoms with Crippen LogP contribution >= 0.6 is 0 Å². The number of hydrogen-bond acceptors (Lipinski definition) is 3. The summed E-state index contributed by atoms with van der Waals surface area (Å²) in [5, 5.41) is 4.75. The molecular formula is C10H11F3N2O3. The molecule has 0 fully saturated rings. The largest absolute Gasteiger partial charge is 0.573 e. The minimum atomic E-state index is -4.73. The van der Waals surface area contributed by atoms with Crippen molar-refractivity contribution in [2.45, 2.75) is 6.36 Å². The first-order valence-corrected chi connectivity index (χ1v) is 4.80. The van der Waals surface area contributed by atoms with E-state index in [1.54, 1.807) is 0 Å². The predicted molar refractivity (Wildman–Crippen MR) is 57.2 cm³/mol. The highest BCUT2D eigenvalue weighted by molar-refractivity contribution is 5.89. The van der Waals surface area contributed by atoms with Gasteiger partial charge in [-0.1, -0.05) is 0 Å². The summed E-state index contributed by atoms with van der Waals surface area (Å²) in [5.74, 6) is -0.356. The Morgan fingerprint density at radius 2 is 1.89 bits per heavy atom. The van der Waals surface area contributed by atoms with Crippen LogP contribution in [0.1, 0.15) is 0 Å². The summed E-state index contributed by atoms with van der Waals surface area (Å²) in [6.07, 6.45) is -4.73. The molecule has 0 aliphatic heterocycles. The number of hydrogen-bond donors (Lipinski definition) is 2. The van der Waals surface area contributed by atoms with E-state index >= 15 is 0 Å². The minimum absolute atomic E-state index is 0.0289. The van der Waals surface area contributed by atoms with Crippen molar-refractivity contribution in [1.29, 1.82) is 0 Å². The average Bonchev–Trinajstić information content (AvgIpc) is 2.27. The molecule has 0 saturated heterocycles. The van der Waals surface area contributed by atoms with Gasteiger partial charge in [-0.25, -0.2) is 4.79 Å². The molecule has 0 radical (unpaired) electrons. The van der Waals surface area contributed by atoms with Gasteiger partial charge in [-0.3, -0.25) is 0 Å². The molecule has 0 heterocycles. The number of carbonyl (C=O) groups is 1. The summed E-state index contributed by atoms with van der Waals surface area (Å²) in [6, 6.07) is 4.24. The molecule has 0 aliphatic carbocycles. The van der Waals surface area contributed by atoms with Crippen LogP contribution in [0.5, 0.6) is 5.75 Å². The van der Waals surface area contributed by atoms with Crippen LogP contribution in [-0.2, 0) is 4.74 Å². The zero-order valence-electron chi connectivity index (χ0n) is 9.38. The van der Waals surface area contributed by atoms with Crippen molar-refractivity contribution >= 4 is 11.7 Å². The highest BCUT2D eigenvalue weighted by atomic mass is 19.4. The molecule has 0 spiro atoms. The maximum Gasteiger partial charge on any atom is 0.573 e. The van der Waals surface area contributed by atoms with Crippen molar-refractivity contribution in [3.05, 3.63) is 24.3 Å². The summed E-state index contributed by atoms with van der Waals surface area (Å²) in [7, 11) is 1.41. The highest BCUT2D eigenvalue weighted by Gasteiger charge is 2.30. The molecule has 5 nitrogen and oxygen atoms in total. The third kappa shape index (κ3) is 5.39. The Morgan fingerprint density at radius 3 is 2.39 bits per heavy atom. The van der Waals surface area contributed by atoms with E-state index in [1.165, 1.54) is 19.2 Å². The zero-order valence-corrected chi connectivity index (χ0v) is 9.38. The molecule has 18 heavy (non-hydrogen) atoms. The monoisotopic (exact) mass is 264 g/mol. The fraction of sp³-hybridized carbons (Fsp3) is 0.300. The number of amides is 2. The Kier molecular flexibility index (Phi) is 4.78. The number of rotatable bonds is 4. The van der Waals surface area contributed by atoms with Crippen LogP contribution < -0.4 is 15.4 Å². The molecule has 1 aromatic carbocycles. The average molecular weight is 264 g/mol. The maximum absolute atomic E-state index is 11.9. The lowest BCUT2D eigenvalue weighted by Crippen LogP contribution is -2.30. The molecule has 8 heteroatoms. The second kappa shape index (κ2) is 6.10. The van der Waals surface area contributed by atoms with Gasteiger partial charge in [0.1, 0.15) is 12.5 Å². The van der Waals surface area contributed by atoms with Crippen LogP contribution in [0, 0.1) is 0 Å². The van der Waals surface area contributed by atoms with E-state index in [0.717, 1.165) is 12.1 Å². The van der Waals surface area contributed by atoms with Gasteiger partial charge >= 0.3 is 12.4 Å². The Bertz CT molecular complexity index is 392. The fourth-order valence-corrected chi connectivity index (χ4v) is 1.05. The van der Waals surface area contributed by atoms with Gasteiger partial charge in [0.15, 0.2) is 0 Å². The Hall–Kier alpha value is -1.96. The standard InChI is InChI=1S/C10H11F3N2O3/c1-17-6-14-9(16)15-7-2-4-8(5-3-7)18-10(11,12)13/h2-5H,6H2,1H3,(H2,14,15,16). The SMILES string of the molecule is COCNC(=O)Nc1ccc(OC(F)(F)F)cc1. The summed E-state index contributed by atoms with van der Waals surface area (Å²) in [6.45, 7) is 0.0289. The van der Waals surface area contributed by atoms with Gasteiger partial charge in [0.05, 0.1) is 0 Å². The molecule has 0 aromatic heterocycles. The summed E-state index contributed by atoms with van der Waals surface area (Å²) in [5.41, 5.74) is 0.332. The number of alkyl halides is 3. The van der Waals surface area contributed by atoms with E-state index in [2.05, 4.69) is 20.1 Å². The highest BCUT2D eigenvalue weighted by Crippen LogP contribution is 2.23. The van der Waals surface area contributed by atoms with Crippen molar-refractivity contribution in [3.8, 4) is 5.75 Å². The first-order valence-electron chi connectivity index (χ1n) is 4.80. The van der Waals surface area contributed by atoms with Gasteiger partial charge in [0, 0.05) is 12.8 Å². The second-order valence-electron chi connectivity index (χ2n) is 3.14. The van der Waals surface area contributed by atoms with E-state index in [4.69, 9.17) is 0 Å². The number of nitrogens with one attached hydrogen (secondary N) is 2. The van der Waals surface area contributed by atoms with Crippen molar-refractivity contribution in [1.82, 2.24) is 5.32 Å². The van der Waals surface area contributed by atoms with E-state index < -0.39 is 12.4 Å². The minimum Gasteiger partial charge on any atom is -0.406 e. The van der Waals surface area contributed by atoms with Crippen LogP contribution in [0.3, 0.4) is 0 Å². The van der Waals surface area contributed by atoms with Crippen LogP contribution in [0.25, 0.3) is 0 Å². The molecule has 0 unspecified atom stereocenters. The van der Waals surface area contributed by atoms with E-state index in [1.807, 2.05) is 0 Å². The van der Waals surface area contributed by atoms with Crippen LogP contribution in [0.4, 0.5) is 23.7 Å². The van der Waals surface area contributed by atoms with Gasteiger partial charge in [0.25, 0.3) is 0 Å². The molecule has 0 atom stereocenters. The topological polar surface area (TPSA) is 59.6 Å². The third-order valence-electron chi connectivity index (χ3n) is 1.72. The lowest BCUT2D eigenvalue weighted by Gasteiger charge is -2.10. The summed E-state index contributed by atoms with van der Waals surface area (Å²) < 4.78 is 43.9. The van der Waals surface area contributed by atoms with Crippen molar-refractivity contribution in [2.75, 3.05) is 19.2 Å². The number of anilines is 1. The molecular weight excluding hydrogens is 253 g/mol. The third-order valence-corrected chi connectivity index (χ3v) is 1.72. The first kappa shape index (κ1) is 14.1. The predicted octanol–water partition coefficient (Wildman–Crippen LogP) is 2.31. The van der Waals surface area contributed by atoms with Crippen molar-refractivity contribution in [2.24, 2.45) is 0 Å². The second-order valence-corrected chi connectivity index (χ2v) is 3.14. The quantitative estimate of drug-likeness (QED) is 0.820. The fourth-order valence-electron chi connectivity index (χ4n) is 1.05. The number of halogens is 3. The molecule has 100 valence electrons. The molecule has 2 N–H and O–H groups in total. The molecule has 0 aliphatic rings. The lowest BCUT2D eigenvalue weighted by molar-refractivity contribution is -0.274. The first-order chi connectivity index (χ1) is 8.40. The Labute approximate surface area is 101 Å². The van der Waals surface area contributed by atoms with Gasteiger partial charge in [-0.15, -0.1) is 13.2 Å². The van der Waals surface area contributed by atoms with E-state index in [-0.39, 0.29) is 12.5 Å². The van der Waals surface area contributed by atoms with Crippen LogP contribution in [-0.4, -0.2) is 26.2 Å². The van der Waals surface area contributed by atoms with Crippen LogP contribution in [0.15, 0.2) is 24.3 Å².